The van der Waals surface area contributed by atoms with Crippen LogP contribution in [0.3, 0.4) is 0 Å². The number of phosphoric acid groups is 1. The maximum Gasteiger partial charge on any atom is 0.475 e. The van der Waals surface area contributed by atoms with E-state index >= 15 is 4.39 Å². The Bertz CT molecular complexity index is 744. The largest absolute Gasteiger partial charge is 0.475 e. The third kappa shape index (κ3) is 3.10. The van der Waals surface area contributed by atoms with Crippen molar-refractivity contribution in [2.75, 3.05) is 12.3 Å². The van der Waals surface area contributed by atoms with Gasteiger partial charge in [-0.2, -0.15) is 4.98 Å². The fraction of sp³-hybridized carbons (Fsp3) is 0.667. The number of nitrogen functional groups attached to an aromatic ring is 1. The minimum Gasteiger partial charge on any atom is -0.383 e. The molecule has 0 radical (unpaired) electrons. The first-order valence-electron chi connectivity index (χ1n) is 7.12. The summed E-state index contributed by atoms with van der Waals surface area (Å²) in [5, 5.41) is -2.69. The Hall–Kier alpha value is -1.03. The lowest BCUT2D eigenvalue weighted by Crippen LogP contribution is -2.44. The molecule has 134 valence electrons. The van der Waals surface area contributed by atoms with Crippen molar-refractivity contribution < 1.29 is 27.3 Å². The standard InChI is InChI=1S/C12H16ClFN3O6P/c1-6(2)22-24(19)20-5-7-9(23-24)12(13,14)10(21-7)17-4-3-8(15)16-11(17)18/h3-4,6-7,9-10H,5H2,1-2H3,(H2,15,16,18)/t7-,9-,10-,12+,24?/m1/s1. The first-order valence-corrected chi connectivity index (χ1v) is 8.95. The average molecular weight is 384 g/mol. The van der Waals surface area contributed by atoms with Crippen LogP contribution in [0, 0.1) is 0 Å². The van der Waals surface area contributed by atoms with E-state index in [0.717, 1.165) is 4.57 Å². The summed E-state index contributed by atoms with van der Waals surface area (Å²) in [6, 6.07) is 1.30. The second-order valence-corrected chi connectivity index (χ2v) is 7.82. The van der Waals surface area contributed by atoms with Crippen molar-refractivity contribution >= 4 is 25.2 Å². The average Bonchev–Trinajstić information content (AvgIpc) is 2.69. The molecule has 1 aromatic rings. The number of nitrogens with zero attached hydrogens (tertiary/aromatic N) is 2. The minimum absolute atomic E-state index is 0.0277. The summed E-state index contributed by atoms with van der Waals surface area (Å²) in [4.78, 5) is 15.4. The third-order valence-electron chi connectivity index (χ3n) is 3.43. The number of anilines is 1. The van der Waals surface area contributed by atoms with Crippen LogP contribution >= 0.6 is 19.4 Å². The zero-order valence-electron chi connectivity index (χ0n) is 12.8. The van der Waals surface area contributed by atoms with Gasteiger partial charge in [-0.25, -0.2) is 13.8 Å². The van der Waals surface area contributed by atoms with Gasteiger partial charge in [0.25, 0.3) is 5.13 Å². The van der Waals surface area contributed by atoms with E-state index in [9.17, 15) is 9.36 Å². The number of aromatic nitrogens is 2. The monoisotopic (exact) mass is 383 g/mol. The Kier molecular flexibility index (Phi) is 4.48. The van der Waals surface area contributed by atoms with Crippen LogP contribution in [0.1, 0.15) is 20.1 Å². The van der Waals surface area contributed by atoms with E-state index in [4.69, 9.17) is 35.6 Å². The highest BCUT2D eigenvalue weighted by Gasteiger charge is 2.63. The predicted molar refractivity (Wildman–Crippen MR) is 81.2 cm³/mol. The Balaban J connectivity index is 1.90. The van der Waals surface area contributed by atoms with Crippen molar-refractivity contribution in [1.82, 2.24) is 9.55 Å². The van der Waals surface area contributed by atoms with Gasteiger partial charge < -0.3 is 10.5 Å². The molecule has 2 saturated heterocycles. The van der Waals surface area contributed by atoms with Gasteiger partial charge in [0.15, 0.2) is 12.3 Å². The van der Waals surface area contributed by atoms with E-state index in [2.05, 4.69) is 4.98 Å². The lowest BCUT2D eigenvalue weighted by atomic mass is 10.1. The Morgan fingerprint density at radius 2 is 2.33 bits per heavy atom. The van der Waals surface area contributed by atoms with Gasteiger partial charge in [-0.05, 0) is 19.9 Å². The highest BCUT2D eigenvalue weighted by Crippen LogP contribution is 2.60. The van der Waals surface area contributed by atoms with Crippen LogP contribution in [0.25, 0.3) is 0 Å². The van der Waals surface area contributed by atoms with Crippen LogP contribution in [-0.4, -0.2) is 39.6 Å². The van der Waals surface area contributed by atoms with Gasteiger partial charge in [0.2, 0.25) is 0 Å². The number of fused-ring (bicyclic) bond motifs is 1. The molecule has 2 aliphatic rings. The molecular weight excluding hydrogens is 368 g/mol. The topological polar surface area (TPSA) is 115 Å². The second-order valence-electron chi connectivity index (χ2n) is 5.67. The van der Waals surface area contributed by atoms with Crippen LogP contribution in [0.5, 0.6) is 0 Å². The number of halogens is 2. The Morgan fingerprint density at radius 3 is 2.96 bits per heavy atom. The smallest absolute Gasteiger partial charge is 0.383 e. The van der Waals surface area contributed by atoms with E-state index in [1.807, 2.05) is 0 Å². The summed E-state index contributed by atoms with van der Waals surface area (Å²) in [6.45, 7) is 2.98. The van der Waals surface area contributed by atoms with E-state index in [1.165, 1.54) is 12.3 Å². The molecule has 0 saturated carbocycles. The maximum atomic E-state index is 15.1. The van der Waals surface area contributed by atoms with E-state index in [1.54, 1.807) is 13.8 Å². The number of ether oxygens (including phenoxy) is 1. The summed E-state index contributed by atoms with van der Waals surface area (Å²) in [7, 11) is -3.98. The molecule has 1 aromatic heterocycles. The first kappa shape index (κ1) is 17.8. The van der Waals surface area contributed by atoms with Gasteiger partial charge in [0.1, 0.15) is 11.9 Å². The summed E-state index contributed by atoms with van der Waals surface area (Å²) >= 11 is 5.95. The predicted octanol–water partition coefficient (Wildman–Crippen LogP) is 1.58. The first-order chi connectivity index (χ1) is 11.1. The molecule has 0 aromatic carbocycles. The molecule has 9 nitrogen and oxygen atoms in total. The quantitative estimate of drug-likeness (QED) is 0.618. The maximum absolute atomic E-state index is 15.1. The zero-order chi connectivity index (χ0) is 17.7. The number of rotatable bonds is 3. The molecule has 2 fully saturated rings. The second kappa shape index (κ2) is 6.05. The molecule has 24 heavy (non-hydrogen) atoms. The third-order valence-corrected chi connectivity index (χ3v) is 5.47. The van der Waals surface area contributed by atoms with Crippen molar-refractivity contribution in [3.05, 3.63) is 22.7 Å². The Morgan fingerprint density at radius 1 is 1.62 bits per heavy atom. The SMILES string of the molecule is CC(C)OP1(=O)OC[C@H]2O[C@@H](n3ccc(N)nc3=O)[C@](F)(Cl)[C@@H]2O1. The van der Waals surface area contributed by atoms with Crippen molar-refractivity contribution in [2.45, 2.75) is 43.5 Å². The number of phosphoric ester groups is 1. The number of nitrogens with two attached hydrogens (primary N) is 1. The summed E-state index contributed by atoms with van der Waals surface area (Å²) < 4.78 is 49.1. The fourth-order valence-corrected chi connectivity index (χ4v) is 4.47. The van der Waals surface area contributed by atoms with Gasteiger partial charge in [0, 0.05) is 6.20 Å². The molecule has 0 spiro atoms. The van der Waals surface area contributed by atoms with Gasteiger partial charge in [-0.1, -0.05) is 11.6 Å². The van der Waals surface area contributed by atoms with Crippen LogP contribution in [0.2, 0.25) is 0 Å². The molecule has 0 amide bonds. The minimum atomic E-state index is -3.98. The molecule has 2 N–H and O–H groups in total. The van der Waals surface area contributed by atoms with Crippen LogP contribution in [-0.2, 0) is 22.9 Å². The summed E-state index contributed by atoms with van der Waals surface area (Å²) in [6.07, 6.45) is -3.25. The zero-order valence-corrected chi connectivity index (χ0v) is 14.4. The molecule has 3 heterocycles. The number of alkyl halides is 2. The fourth-order valence-electron chi connectivity index (χ4n) is 2.48. The molecular formula is C12H16ClFN3O6P. The lowest BCUT2D eigenvalue weighted by molar-refractivity contribution is -0.0748. The van der Waals surface area contributed by atoms with Gasteiger partial charge >= 0.3 is 13.5 Å². The van der Waals surface area contributed by atoms with Gasteiger partial charge in [0.05, 0.1) is 12.7 Å². The number of hydrogen-bond donors (Lipinski definition) is 1. The molecule has 0 aliphatic carbocycles. The van der Waals surface area contributed by atoms with Crippen LogP contribution in [0.15, 0.2) is 17.1 Å². The molecule has 2 aliphatic heterocycles. The van der Waals surface area contributed by atoms with Crippen molar-refractivity contribution in [2.24, 2.45) is 0 Å². The van der Waals surface area contributed by atoms with Gasteiger partial charge in [-0.3, -0.25) is 18.1 Å². The van der Waals surface area contributed by atoms with Crippen molar-refractivity contribution in [3.63, 3.8) is 0 Å². The highest BCUT2D eigenvalue weighted by atomic mass is 35.5. The lowest BCUT2D eigenvalue weighted by Gasteiger charge is -2.33. The molecule has 5 atom stereocenters. The molecule has 3 rings (SSSR count). The van der Waals surface area contributed by atoms with Gasteiger partial charge in [-0.15, -0.1) is 0 Å². The van der Waals surface area contributed by atoms with Crippen LogP contribution < -0.4 is 11.4 Å². The summed E-state index contributed by atoms with van der Waals surface area (Å²) in [5.74, 6) is -0.0277. The number of hydrogen-bond acceptors (Lipinski definition) is 8. The van der Waals surface area contributed by atoms with Crippen LogP contribution in [0.4, 0.5) is 10.2 Å². The van der Waals surface area contributed by atoms with E-state index in [-0.39, 0.29) is 12.4 Å². The summed E-state index contributed by atoms with van der Waals surface area (Å²) in [5.41, 5.74) is 4.56. The van der Waals surface area contributed by atoms with Crippen molar-refractivity contribution in [3.8, 4) is 0 Å². The highest BCUT2D eigenvalue weighted by molar-refractivity contribution is 7.48. The molecule has 1 unspecified atom stereocenters. The van der Waals surface area contributed by atoms with E-state index < -0.39 is 43.2 Å². The van der Waals surface area contributed by atoms with Crippen molar-refractivity contribution in [1.29, 1.82) is 0 Å². The normalized spacial score (nSPS) is 39.1. The molecule has 0 bridgehead atoms. The molecule has 12 heteroatoms. The van der Waals surface area contributed by atoms with E-state index in [0.29, 0.717) is 0 Å². The Labute approximate surface area is 141 Å².